The van der Waals surface area contributed by atoms with Gasteiger partial charge in [-0.05, 0) is 39.8 Å². The van der Waals surface area contributed by atoms with Crippen molar-refractivity contribution in [1.29, 1.82) is 0 Å². The van der Waals surface area contributed by atoms with Crippen molar-refractivity contribution in [2.45, 2.75) is 38.8 Å². The van der Waals surface area contributed by atoms with E-state index in [9.17, 15) is 13.2 Å². The molecule has 1 saturated heterocycles. The Bertz CT molecular complexity index is 686. The summed E-state index contributed by atoms with van der Waals surface area (Å²) in [6.45, 7) is 7.77. The molecule has 136 valence electrons. The van der Waals surface area contributed by atoms with Gasteiger partial charge in [-0.3, -0.25) is 0 Å². The van der Waals surface area contributed by atoms with Crippen LogP contribution in [0.25, 0.3) is 11.4 Å². The molecule has 0 atom stereocenters. The molecule has 2 heterocycles. The van der Waals surface area contributed by atoms with Crippen LogP contribution in [0.15, 0.2) is 40.9 Å². The number of benzene rings is 1. The van der Waals surface area contributed by atoms with Crippen LogP contribution >= 0.6 is 0 Å². The molecule has 1 aromatic carbocycles. The highest BCUT2D eigenvalue weighted by atomic mass is 19.4. The van der Waals surface area contributed by atoms with Gasteiger partial charge >= 0.3 is 6.18 Å². The summed E-state index contributed by atoms with van der Waals surface area (Å²) >= 11 is 0. The van der Waals surface area contributed by atoms with Crippen molar-refractivity contribution in [1.82, 2.24) is 15.5 Å². The predicted molar refractivity (Wildman–Crippen MR) is 90.2 cm³/mol. The van der Waals surface area contributed by atoms with Gasteiger partial charge in [0.2, 0.25) is 11.7 Å². The molecule has 1 aromatic heterocycles. The Morgan fingerprint density at radius 2 is 1.76 bits per heavy atom. The van der Waals surface area contributed by atoms with Crippen LogP contribution in [0.4, 0.5) is 13.2 Å². The van der Waals surface area contributed by atoms with Crippen molar-refractivity contribution in [2.24, 2.45) is 0 Å². The van der Waals surface area contributed by atoms with Gasteiger partial charge in [-0.25, -0.2) is 0 Å². The van der Waals surface area contributed by atoms with Crippen molar-refractivity contribution in [3.63, 3.8) is 0 Å². The van der Waals surface area contributed by atoms with E-state index in [1.807, 2.05) is 12.1 Å². The molecule has 1 aliphatic heterocycles. The molecule has 3 rings (SSSR count). The highest BCUT2D eigenvalue weighted by Crippen LogP contribution is 2.26. The SMILES string of the molecule is C=C(C)C(F)(F)F.Cc1ccc(-c2noc(C3CCNCC3)n2)cc1. The molecule has 0 amide bonds. The van der Waals surface area contributed by atoms with Crippen molar-refractivity contribution in [3.05, 3.63) is 47.9 Å². The number of nitrogens with zero attached hydrogens (tertiary/aromatic N) is 2. The topological polar surface area (TPSA) is 51.0 Å². The monoisotopic (exact) mass is 353 g/mol. The first-order valence-corrected chi connectivity index (χ1v) is 8.11. The van der Waals surface area contributed by atoms with Gasteiger partial charge in [0.25, 0.3) is 0 Å². The fraction of sp³-hybridized carbons (Fsp3) is 0.444. The zero-order valence-corrected chi connectivity index (χ0v) is 14.4. The average molecular weight is 353 g/mol. The summed E-state index contributed by atoms with van der Waals surface area (Å²) in [5, 5.41) is 7.42. The summed E-state index contributed by atoms with van der Waals surface area (Å²) in [5.41, 5.74) is 1.50. The first-order valence-electron chi connectivity index (χ1n) is 8.11. The summed E-state index contributed by atoms with van der Waals surface area (Å²) in [4.78, 5) is 4.53. The standard InChI is InChI=1S/C14H17N3O.C4H5F3/c1-10-2-4-11(5-3-10)13-16-14(18-17-13)12-6-8-15-9-7-12;1-3(2)4(5,6)7/h2-5,12,15H,6-9H2,1H3;1H2,2H3. The molecule has 1 aliphatic rings. The van der Waals surface area contributed by atoms with Crippen LogP contribution in [0, 0.1) is 6.92 Å². The minimum absolute atomic E-state index is 0.415. The van der Waals surface area contributed by atoms with E-state index in [4.69, 9.17) is 4.52 Å². The van der Waals surface area contributed by atoms with Crippen LogP contribution in [0.5, 0.6) is 0 Å². The second kappa shape index (κ2) is 8.29. The van der Waals surface area contributed by atoms with Crippen LogP contribution in [0.2, 0.25) is 0 Å². The van der Waals surface area contributed by atoms with Crippen LogP contribution in [0.1, 0.15) is 37.1 Å². The molecule has 2 aromatic rings. The first-order chi connectivity index (χ1) is 11.8. The van der Waals surface area contributed by atoms with Crippen LogP contribution in [-0.4, -0.2) is 29.4 Å². The summed E-state index contributed by atoms with van der Waals surface area (Å²) < 4.78 is 38.6. The smallest absolute Gasteiger partial charge is 0.339 e. The van der Waals surface area contributed by atoms with Crippen molar-refractivity contribution in [3.8, 4) is 11.4 Å². The number of aromatic nitrogens is 2. The van der Waals surface area contributed by atoms with E-state index in [0.29, 0.717) is 11.7 Å². The second-order valence-electron chi connectivity index (χ2n) is 6.12. The molecule has 1 N–H and O–H groups in total. The van der Waals surface area contributed by atoms with Crippen molar-refractivity contribution >= 4 is 0 Å². The van der Waals surface area contributed by atoms with E-state index < -0.39 is 11.7 Å². The number of hydrogen-bond acceptors (Lipinski definition) is 4. The van der Waals surface area contributed by atoms with Gasteiger partial charge in [0.05, 0.1) is 0 Å². The normalized spacial score (nSPS) is 15.4. The molecule has 1 fully saturated rings. The average Bonchev–Trinajstić information content (AvgIpc) is 3.06. The third-order valence-electron chi connectivity index (χ3n) is 3.92. The number of piperidine rings is 1. The molecular weight excluding hydrogens is 331 g/mol. The Morgan fingerprint density at radius 3 is 2.28 bits per heavy atom. The molecule has 7 heteroatoms. The summed E-state index contributed by atoms with van der Waals surface area (Å²) in [6.07, 6.45) is -2.04. The second-order valence-corrected chi connectivity index (χ2v) is 6.12. The molecule has 0 saturated carbocycles. The fourth-order valence-electron chi connectivity index (χ4n) is 2.29. The lowest BCUT2D eigenvalue weighted by Gasteiger charge is -2.18. The largest absolute Gasteiger partial charge is 0.411 e. The van der Waals surface area contributed by atoms with Gasteiger partial charge in [0.1, 0.15) is 0 Å². The third kappa shape index (κ3) is 5.70. The maximum atomic E-state index is 11.1. The van der Waals surface area contributed by atoms with E-state index in [1.54, 1.807) is 0 Å². The highest BCUT2D eigenvalue weighted by molar-refractivity contribution is 5.54. The van der Waals surface area contributed by atoms with Gasteiger partial charge in [0.15, 0.2) is 0 Å². The predicted octanol–water partition coefficient (Wildman–Crippen LogP) is 4.64. The fourth-order valence-corrected chi connectivity index (χ4v) is 2.29. The molecular formula is C18H22F3N3O. The summed E-state index contributed by atoms with van der Waals surface area (Å²) in [6, 6.07) is 8.20. The Hall–Kier alpha value is -2.15. The Morgan fingerprint density at radius 1 is 1.20 bits per heavy atom. The van der Waals surface area contributed by atoms with Gasteiger partial charge in [-0.2, -0.15) is 18.2 Å². The summed E-state index contributed by atoms with van der Waals surface area (Å²) in [7, 11) is 0. The molecule has 0 spiro atoms. The minimum Gasteiger partial charge on any atom is -0.339 e. The van der Waals surface area contributed by atoms with Gasteiger partial charge < -0.3 is 9.84 Å². The van der Waals surface area contributed by atoms with Gasteiger partial charge in [-0.1, -0.05) is 41.6 Å². The molecule has 0 unspecified atom stereocenters. The Balaban J connectivity index is 0.000000277. The molecule has 0 radical (unpaired) electrons. The van der Waals surface area contributed by atoms with Crippen molar-refractivity contribution in [2.75, 3.05) is 13.1 Å². The van der Waals surface area contributed by atoms with E-state index in [0.717, 1.165) is 44.3 Å². The van der Waals surface area contributed by atoms with Crippen LogP contribution in [0.3, 0.4) is 0 Å². The van der Waals surface area contributed by atoms with E-state index >= 15 is 0 Å². The number of alkyl halides is 3. The zero-order valence-electron chi connectivity index (χ0n) is 14.4. The number of halogens is 3. The minimum atomic E-state index is -4.19. The number of hydrogen-bond donors (Lipinski definition) is 1. The van der Waals surface area contributed by atoms with E-state index in [-0.39, 0.29) is 0 Å². The van der Waals surface area contributed by atoms with Gasteiger partial charge in [0, 0.05) is 17.1 Å². The maximum absolute atomic E-state index is 11.1. The van der Waals surface area contributed by atoms with Gasteiger partial charge in [-0.15, -0.1) is 0 Å². The Kier molecular flexibility index (Phi) is 6.36. The van der Waals surface area contributed by atoms with Crippen LogP contribution in [-0.2, 0) is 0 Å². The number of aryl methyl sites for hydroxylation is 1. The molecule has 25 heavy (non-hydrogen) atoms. The quantitative estimate of drug-likeness (QED) is 0.800. The molecule has 0 aliphatic carbocycles. The van der Waals surface area contributed by atoms with E-state index in [1.165, 1.54) is 5.56 Å². The summed E-state index contributed by atoms with van der Waals surface area (Å²) in [5.74, 6) is 1.90. The Labute approximate surface area is 145 Å². The lowest BCUT2D eigenvalue weighted by atomic mass is 9.98. The zero-order chi connectivity index (χ0) is 18.4. The number of allylic oxidation sites excluding steroid dienone is 1. The third-order valence-corrected chi connectivity index (χ3v) is 3.92. The first kappa shape index (κ1) is 19.2. The number of rotatable bonds is 2. The molecule has 4 nitrogen and oxygen atoms in total. The number of nitrogens with one attached hydrogen (secondary N) is 1. The van der Waals surface area contributed by atoms with Crippen LogP contribution < -0.4 is 5.32 Å². The molecule has 0 bridgehead atoms. The van der Waals surface area contributed by atoms with Crippen molar-refractivity contribution < 1.29 is 17.7 Å². The highest BCUT2D eigenvalue weighted by Gasteiger charge is 2.27. The lowest BCUT2D eigenvalue weighted by Crippen LogP contribution is -2.26. The van der Waals surface area contributed by atoms with E-state index in [2.05, 4.69) is 41.1 Å². The lowest BCUT2D eigenvalue weighted by molar-refractivity contribution is -0.0909. The maximum Gasteiger partial charge on any atom is 0.411 e.